The fourth-order valence-corrected chi connectivity index (χ4v) is 3.54. The van der Waals surface area contributed by atoms with E-state index in [4.69, 9.17) is 0 Å². The number of nitrogens with one attached hydrogen (secondary N) is 1. The van der Waals surface area contributed by atoms with Crippen LogP contribution in [0.25, 0.3) is 0 Å². The highest BCUT2D eigenvalue weighted by Gasteiger charge is 2.42. The van der Waals surface area contributed by atoms with Crippen LogP contribution < -0.4 is 5.32 Å². The fraction of sp³-hybridized carbons (Fsp3) is 0.556. The van der Waals surface area contributed by atoms with Gasteiger partial charge in [-0.25, -0.2) is 8.78 Å². The van der Waals surface area contributed by atoms with Crippen LogP contribution in [0.4, 0.5) is 8.78 Å². The third-order valence-corrected chi connectivity index (χ3v) is 4.92. The third-order valence-electron chi connectivity index (χ3n) is 4.92. The molecule has 1 aliphatic rings. The van der Waals surface area contributed by atoms with Gasteiger partial charge in [-0.3, -0.25) is 9.59 Å². The monoisotopic (exact) mass is 339 g/mol. The maximum atomic E-state index is 13.8. The van der Waals surface area contributed by atoms with Crippen LogP contribution in [0.2, 0.25) is 0 Å². The smallest absolute Gasteiger partial charge is 0.308 e. The first-order valence-electron chi connectivity index (χ1n) is 8.21. The first-order chi connectivity index (χ1) is 11.2. The van der Waals surface area contributed by atoms with Crippen LogP contribution in [0.5, 0.6) is 0 Å². The highest BCUT2D eigenvalue weighted by Crippen LogP contribution is 2.34. The second-order valence-electron chi connectivity index (χ2n) is 6.87. The Kier molecular flexibility index (Phi) is 5.57. The van der Waals surface area contributed by atoms with Gasteiger partial charge in [0.25, 0.3) is 0 Å². The zero-order valence-corrected chi connectivity index (χ0v) is 13.9. The van der Waals surface area contributed by atoms with E-state index in [2.05, 4.69) is 5.32 Å². The summed E-state index contributed by atoms with van der Waals surface area (Å²) in [6.07, 6.45) is 2.86. The minimum absolute atomic E-state index is 0.0183. The van der Waals surface area contributed by atoms with Gasteiger partial charge in [0.15, 0.2) is 0 Å². The van der Waals surface area contributed by atoms with Gasteiger partial charge in [0.2, 0.25) is 5.91 Å². The van der Waals surface area contributed by atoms with E-state index in [1.54, 1.807) is 13.8 Å². The summed E-state index contributed by atoms with van der Waals surface area (Å²) in [4.78, 5) is 23.8. The normalized spacial score (nSPS) is 25.1. The molecule has 2 rings (SSSR count). The lowest BCUT2D eigenvalue weighted by atomic mass is 9.73. The van der Waals surface area contributed by atoms with Crippen molar-refractivity contribution < 1.29 is 23.5 Å². The van der Waals surface area contributed by atoms with Crippen LogP contribution in [0, 0.1) is 17.6 Å². The number of aliphatic carboxylic acids is 1. The molecule has 0 aliphatic heterocycles. The summed E-state index contributed by atoms with van der Waals surface area (Å²) < 4.78 is 26.8. The molecule has 3 atom stereocenters. The van der Waals surface area contributed by atoms with Gasteiger partial charge in [-0.05, 0) is 37.3 Å². The summed E-state index contributed by atoms with van der Waals surface area (Å²) in [5.74, 6) is -3.61. The topological polar surface area (TPSA) is 66.4 Å². The van der Waals surface area contributed by atoms with Crippen LogP contribution in [0.3, 0.4) is 0 Å². The molecule has 1 saturated carbocycles. The SMILES string of the molecule is CC(CC(=O)NC1(C)CCCCC1C(=O)O)c1ccc(F)cc1F. The number of carboxylic acids is 1. The van der Waals surface area contributed by atoms with E-state index in [-0.39, 0.29) is 17.9 Å². The number of rotatable bonds is 5. The molecule has 4 nitrogen and oxygen atoms in total. The average molecular weight is 339 g/mol. The standard InChI is InChI=1S/C18H23F2NO3/c1-11(13-7-6-12(19)10-15(13)20)9-16(22)21-18(2)8-4-3-5-14(18)17(23)24/h6-7,10-11,14H,3-5,8-9H2,1-2H3,(H,21,22)(H,23,24). The second kappa shape index (κ2) is 7.28. The highest BCUT2D eigenvalue weighted by atomic mass is 19.1. The Hall–Kier alpha value is -1.98. The van der Waals surface area contributed by atoms with Gasteiger partial charge in [0.1, 0.15) is 11.6 Å². The molecule has 0 radical (unpaired) electrons. The number of halogens is 2. The van der Waals surface area contributed by atoms with Crippen molar-refractivity contribution in [3.8, 4) is 0 Å². The van der Waals surface area contributed by atoms with Crippen LogP contribution in [0.15, 0.2) is 18.2 Å². The molecule has 0 heterocycles. The van der Waals surface area contributed by atoms with Gasteiger partial charge in [0.05, 0.1) is 11.5 Å². The first kappa shape index (κ1) is 18.4. The molecular weight excluding hydrogens is 316 g/mol. The van der Waals surface area contributed by atoms with Gasteiger partial charge in [0, 0.05) is 12.5 Å². The molecule has 1 aliphatic carbocycles. The molecule has 24 heavy (non-hydrogen) atoms. The van der Waals surface area contributed by atoms with Crippen molar-refractivity contribution >= 4 is 11.9 Å². The summed E-state index contributed by atoms with van der Waals surface area (Å²) in [6, 6.07) is 3.30. The molecule has 0 aromatic heterocycles. The molecular formula is C18H23F2NO3. The lowest BCUT2D eigenvalue weighted by molar-refractivity contribution is -0.146. The van der Waals surface area contributed by atoms with Crippen molar-refractivity contribution in [3.63, 3.8) is 0 Å². The Morgan fingerprint density at radius 3 is 2.71 bits per heavy atom. The highest BCUT2D eigenvalue weighted by molar-refractivity contribution is 5.80. The predicted octanol–water partition coefficient (Wildman–Crippen LogP) is 3.61. The van der Waals surface area contributed by atoms with Crippen molar-refractivity contribution in [3.05, 3.63) is 35.4 Å². The summed E-state index contributed by atoms with van der Waals surface area (Å²) in [6.45, 7) is 3.44. The van der Waals surface area contributed by atoms with Crippen LogP contribution in [-0.2, 0) is 9.59 Å². The van der Waals surface area contributed by atoms with E-state index >= 15 is 0 Å². The zero-order valence-electron chi connectivity index (χ0n) is 13.9. The molecule has 1 amide bonds. The minimum atomic E-state index is -0.907. The van der Waals surface area contributed by atoms with Gasteiger partial charge in [-0.15, -0.1) is 0 Å². The number of hydrogen-bond donors (Lipinski definition) is 2. The van der Waals surface area contributed by atoms with E-state index in [0.29, 0.717) is 12.8 Å². The number of hydrogen-bond acceptors (Lipinski definition) is 2. The van der Waals surface area contributed by atoms with Gasteiger partial charge < -0.3 is 10.4 Å². The number of amides is 1. The zero-order chi connectivity index (χ0) is 17.9. The first-order valence-corrected chi connectivity index (χ1v) is 8.21. The van der Waals surface area contributed by atoms with Crippen molar-refractivity contribution in [2.75, 3.05) is 0 Å². The van der Waals surface area contributed by atoms with Gasteiger partial charge >= 0.3 is 5.97 Å². The molecule has 1 aromatic rings. The van der Waals surface area contributed by atoms with E-state index in [1.807, 2.05) is 0 Å². The minimum Gasteiger partial charge on any atom is -0.481 e. The van der Waals surface area contributed by atoms with Gasteiger partial charge in [-0.2, -0.15) is 0 Å². The molecule has 0 bridgehead atoms. The maximum absolute atomic E-state index is 13.8. The van der Waals surface area contributed by atoms with Gasteiger partial charge in [-0.1, -0.05) is 25.8 Å². The lowest BCUT2D eigenvalue weighted by Crippen LogP contribution is -2.55. The van der Waals surface area contributed by atoms with Crippen molar-refractivity contribution in [2.24, 2.45) is 5.92 Å². The van der Waals surface area contributed by atoms with Crippen molar-refractivity contribution in [1.82, 2.24) is 5.32 Å². The maximum Gasteiger partial charge on any atom is 0.308 e. The summed E-state index contributed by atoms with van der Waals surface area (Å²) in [5, 5.41) is 12.2. The number of benzene rings is 1. The van der Waals surface area contributed by atoms with Crippen LogP contribution >= 0.6 is 0 Å². The Balaban J connectivity index is 2.05. The quantitative estimate of drug-likeness (QED) is 0.861. The summed E-state index contributed by atoms with van der Waals surface area (Å²) in [5.41, 5.74) is -0.516. The molecule has 132 valence electrons. The molecule has 0 saturated heterocycles. The van der Waals surface area contributed by atoms with E-state index in [9.17, 15) is 23.5 Å². The van der Waals surface area contributed by atoms with E-state index < -0.39 is 35.0 Å². The molecule has 6 heteroatoms. The third kappa shape index (κ3) is 4.10. The second-order valence-corrected chi connectivity index (χ2v) is 6.87. The molecule has 2 N–H and O–H groups in total. The van der Waals surface area contributed by atoms with Crippen LogP contribution in [-0.4, -0.2) is 22.5 Å². The van der Waals surface area contributed by atoms with Crippen molar-refractivity contribution in [2.45, 2.75) is 57.4 Å². The Bertz CT molecular complexity index is 635. The predicted molar refractivity (Wildman–Crippen MR) is 85.5 cm³/mol. The lowest BCUT2D eigenvalue weighted by Gasteiger charge is -2.40. The summed E-state index contributed by atoms with van der Waals surface area (Å²) in [7, 11) is 0. The van der Waals surface area contributed by atoms with E-state index in [0.717, 1.165) is 25.0 Å². The van der Waals surface area contributed by atoms with E-state index in [1.165, 1.54) is 6.07 Å². The Morgan fingerprint density at radius 2 is 2.08 bits per heavy atom. The van der Waals surface area contributed by atoms with Crippen molar-refractivity contribution in [1.29, 1.82) is 0 Å². The largest absolute Gasteiger partial charge is 0.481 e. The molecule has 1 aromatic carbocycles. The molecule has 0 spiro atoms. The number of carboxylic acid groups (broad SMARTS) is 1. The number of carbonyl (C=O) groups excluding carboxylic acids is 1. The molecule has 1 fully saturated rings. The average Bonchev–Trinajstić information content (AvgIpc) is 2.46. The molecule has 3 unspecified atom stereocenters. The Morgan fingerprint density at radius 1 is 1.38 bits per heavy atom. The summed E-state index contributed by atoms with van der Waals surface area (Å²) >= 11 is 0. The fourth-order valence-electron chi connectivity index (χ4n) is 3.54. The number of carbonyl (C=O) groups is 2. The Labute approximate surface area is 140 Å². The van der Waals surface area contributed by atoms with Crippen LogP contribution in [0.1, 0.15) is 57.4 Å².